The van der Waals surface area contributed by atoms with Crippen molar-refractivity contribution in [2.75, 3.05) is 6.61 Å². The molecule has 28 heavy (non-hydrogen) atoms. The second-order valence-corrected chi connectivity index (χ2v) is 8.44. The number of aromatic nitrogens is 2. The monoisotopic (exact) mass is 416 g/mol. The van der Waals surface area contributed by atoms with E-state index in [-0.39, 0.29) is 42.6 Å². The second kappa shape index (κ2) is 8.38. The van der Waals surface area contributed by atoms with Gasteiger partial charge in [0.05, 0.1) is 12.7 Å². The van der Waals surface area contributed by atoms with Crippen LogP contribution in [0.1, 0.15) is 29.6 Å². The van der Waals surface area contributed by atoms with Crippen molar-refractivity contribution >= 4 is 7.60 Å². The summed E-state index contributed by atoms with van der Waals surface area (Å²) in [5.41, 5.74) is 0.141. The van der Waals surface area contributed by atoms with Crippen LogP contribution in [-0.4, -0.2) is 33.3 Å². The SMILES string of the molecule is Cc1cn([C@H]2C[C@H]3O[C@@H](c4ccccc4)P(=O)(O)OC[C@H]3O2)c(=O)nc1[O-].[Na+]. The number of fused-ring (bicyclic) bond motifs is 1. The number of nitrogens with zero attached hydrogens (tertiary/aromatic N) is 2. The van der Waals surface area contributed by atoms with Gasteiger partial charge in [-0.25, -0.2) is 9.78 Å². The third-order valence-electron chi connectivity index (χ3n) is 4.69. The number of aryl methyl sites for hydroxylation is 1. The molecule has 144 valence electrons. The summed E-state index contributed by atoms with van der Waals surface area (Å²) in [5.74, 6) is -1.72. The van der Waals surface area contributed by atoms with Crippen molar-refractivity contribution in [3.8, 4) is 5.88 Å². The van der Waals surface area contributed by atoms with Gasteiger partial charge in [-0.2, -0.15) is 0 Å². The minimum atomic E-state index is -4.06. The van der Waals surface area contributed by atoms with Crippen molar-refractivity contribution in [3.05, 3.63) is 58.1 Å². The van der Waals surface area contributed by atoms with Gasteiger partial charge in [0, 0.05) is 12.6 Å². The molecule has 2 aliphatic heterocycles. The van der Waals surface area contributed by atoms with Crippen molar-refractivity contribution in [1.82, 2.24) is 9.55 Å². The fourth-order valence-electron chi connectivity index (χ4n) is 3.30. The topological polar surface area (TPSA) is 123 Å². The Morgan fingerprint density at radius 1 is 1.25 bits per heavy atom. The summed E-state index contributed by atoms with van der Waals surface area (Å²) < 4.78 is 30.8. The first-order valence-corrected chi connectivity index (χ1v) is 10.1. The predicted octanol–water partition coefficient (Wildman–Crippen LogP) is -1.78. The zero-order chi connectivity index (χ0) is 19.2. The van der Waals surface area contributed by atoms with Gasteiger partial charge in [0.15, 0.2) is 5.85 Å². The molecular weight excluding hydrogens is 398 g/mol. The number of ether oxygens (including phenoxy) is 2. The zero-order valence-corrected chi connectivity index (χ0v) is 18.3. The van der Waals surface area contributed by atoms with Crippen molar-refractivity contribution in [2.24, 2.45) is 0 Å². The molecule has 11 heteroatoms. The molecule has 0 spiro atoms. The first kappa shape index (κ1) is 21.7. The smallest absolute Gasteiger partial charge is 0.858 e. The molecule has 3 heterocycles. The summed E-state index contributed by atoms with van der Waals surface area (Å²) in [6.45, 7) is 1.42. The fourth-order valence-corrected chi connectivity index (χ4v) is 4.65. The van der Waals surface area contributed by atoms with Crippen LogP contribution in [0.25, 0.3) is 0 Å². The Labute approximate surface area is 183 Å². The van der Waals surface area contributed by atoms with E-state index in [1.165, 1.54) is 10.8 Å². The molecule has 9 nitrogen and oxygen atoms in total. The van der Waals surface area contributed by atoms with E-state index in [4.69, 9.17) is 14.0 Å². The maximum absolute atomic E-state index is 12.6. The molecule has 0 saturated carbocycles. The Balaban J connectivity index is 0.00000225. The van der Waals surface area contributed by atoms with Crippen LogP contribution in [0.5, 0.6) is 5.88 Å². The molecule has 0 aliphatic carbocycles. The molecule has 1 aromatic carbocycles. The average molecular weight is 416 g/mol. The van der Waals surface area contributed by atoms with Gasteiger partial charge in [-0.15, -0.1) is 0 Å². The Hall–Kier alpha value is -1.03. The average Bonchev–Trinajstić information content (AvgIpc) is 2.99. The minimum Gasteiger partial charge on any atom is -0.858 e. The minimum absolute atomic E-state index is 0. The largest absolute Gasteiger partial charge is 1.00 e. The molecule has 1 unspecified atom stereocenters. The zero-order valence-electron chi connectivity index (χ0n) is 15.4. The number of rotatable bonds is 2. The maximum atomic E-state index is 12.6. The van der Waals surface area contributed by atoms with E-state index < -0.39 is 43.4 Å². The van der Waals surface area contributed by atoms with E-state index in [9.17, 15) is 19.4 Å². The molecule has 4 rings (SSSR count). The summed E-state index contributed by atoms with van der Waals surface area (Å²) in [7, 11) is -4.06. The standard InChI is InChI=1S/C17H19N2O7P.Na/c1-10-8-19(17(21)18-15(10)20)14-7-12-13(25-14)9-24-27(22,23)16(26-12)11-5-3-2-4-6-11;/h2-6,8,12-14,16H,7,9H2,1H3,(H,22,23)(H,18,20,21);/q;+1/p-1/t12-,13-,14-,16-;/m1./s1. The molecule has 2 fully saturated rings. The van der Waals surface area contributed by atoms with Crippen LogP contribution in [-0.2, 0) is 18.6 Å². The molecule has 0 radical (unpaired) electrons. The van der Waals surface area contributed by atoms with Crippen molar-refractivity contribution in [2.45, 2.75) is 37.6 Å². The molecular formula is C17H18N2NaO7P. The molecule has 2 aliphatic rings. The van der Waals surface area contributed by atoms with E-state index >= 15 is 0 Å². The van der Waals surface area contributed by atoms with Gasteiger partial charge < -0.3 is 24.0 Å². The first-order valence-electron chi connectivity index (χ1n) is 8.45. The van der Waals surface area contributed by atoms with E-state index in [0.717, 1.165) is 0 Å². The van der Waals surface area contributed by atoms with Crippen LogP contribution in [0.4, 0.5) is 0 Å². The summed E-state index contributed by atoms with van der Waals surface area (Å²) >= 11 is 0. The number of hydrogen-bond donors (Lipinski definition) is 1. The van der Waals surface area contributed by atoms with Crippen LogP contribution in [0.15, 0.2) is 41.3 Å². The van der Waals surface area contributed by atoms with Crippen molar-refractivity contribution < 1.29 is 58.1 Å². The molecule has 0 amide bonds. The summed E-state index contributed by atoms with van der Waals surface area (Å²) in [5, 5.41) is 11.5. The predicted molar refractivity (Wildman–Crippen MR) is 91.0 cm³/mol. The number of benzene rings is 1. The van der Waals surface area contributed by atoms with Gasteiger partial charge in [-0.05, 0) is 23.9 Å². The second-order valence-electron chi connectivity index (χ2n) is 6.58. The summed E-state index contributed by atoms with van der Waals surface area (Å²) in [6, 6.07) is 8.66. The van der Waals surface area contributed by atoms with Crippen molar-refractivity contribution in [1.29, 1.82) is 0 Å². The van der Waals surface area contributed by atoms with Crippen LogP contribution >= 0.6 is 7.60 Å². The molecule has 1 N–H and O–H groups in total. The van der Waals surface area contributed by atoms with Crippen LogP contribution < -0.4 is 40.4 Å². The van der Waals surface area contributed by atoms with Crippen LogP contribution in [0.3, 0.4) is 0 Å². The van der Waals surface area contributed by atoms with E-state index in [2.05, 4.69) is 4.98 Å². The first-order chi connectivity index (χ1) is 12.8. The van der Waals surface area contributed by atoms with Crippen LogP contribution in [0.2, 0.25) is 0 Å². The van der Waals surface area contributed by atoms with Gasteiger partial charge in [0.1, 0.15) is 12.3 Å². The Morgan fingerprint density at radius 2 is 1.96 bits per heavy atom. The third-order valence-corrected chi connectivity index (χ3v) is 6.22. The van der Waals surface area contributed by atoms with Gasteiger partial charge in [0.2, 0.25) is 0 Å². The van der Waals surface area contributed by atoms with Crippen LogP contribution in [0, 0.1) is 6.92 Å². The van der Waals surface area contributed by atoms with Gasteiger partial charge in [0.25, 0.3) is 0 Å². The molecule has 5 atom stereocenters. The Morgan fingerprint density at radius 3 is 2.68 bits per heavy atom. The number of hydrogen-bond acceptors (Lipinski definition) is 7. The van der Waals surface area contributed by atoms with E-state index in [1.54, 1.807) is 37.3 Å². The van der Waals surface area contributed by atoms with Gasteiger partial charge in [-0.1, -0.05) is 30.3 Å². The van der Waals surface area contributed by atoms with E-state index in [0.29, 0.717) is 11.1 Å². The van der Waals surface area contributed by atoms with Crippen molar-refractivity contribution in [3.63, 3.8) is 0 Å². The molecule has 2 aromatic rings. The van der Waals surface area contributed by atoms with E-state index in [1.807, 2.05) is 0 Å². The Kier molecular flexibility index (Phi) is 6.48. The molecule has 2 saturated heterocycles. The molecule has 0 bridgehead atoms. The van der Waals surface area contributed by atoms with Gasteiger partial charge in [-0.3, -0.25) is 9.13 Å². The van der Waals surface area contributed by atoms with Gasteiger partial charge >= 0.3 is 42.8 Å². The normalized spacial score (nSPS) is 32.2. The summed E-state index contributed by atoms with van der Waals surface area (Å²) in [6.07, 6.45) is -0.211. The quantitative estimate of drug-likeness (QED) is 0.450. The Bertz CT molecular complexity index is 954. The summed E-state index contributed by atoms with van der Waals surface area (Å²) in [4.78, 5) is 25.8. The third kappa shape index (κ3) is 4.13. The fraction of sp³-hybridized carbons (Fsp3) is 0.412. The maximum Gasteiger partial charge on any atom is 1.00 e. The molecule has 1 aromatic heterocycles.